The number of nitrogens with one attached hydrogen (secondary N) is 1. The molecule has 0 saturated carbocycles. The summed E-state index contributed by atoms with van der Waals surface area (Å²) < 4.78 is 0. The quantitative estimate of drug-likeness (QED) is 0.892. The number of halogens is 1. The standard InChI is InChI=1S/C14H12ClNO2/c15-11-6-4-5-10(9-11)13(17)14(18)16-12-7-2-1-3-8-12/h1-9,13,17H,(H,16,18)/t13-/m1/s1. The molecule has 0 fully saturated rings. The van der Waals surface area contributed by atoms with Crippen molar-refractivity contribution in [1.29, 1.82) is 0 Å². The Morgan fingerprint density at radius 2 is 1.83 bits per heavy atom. The molecule has 0 aromatic heterocycles. The van der Waals surface area contributed by atoms with Gasteiger partial charge in [-0.1, -0.05) is 41.9 Å². The number of carbonyl (C=O) groups is 1. The van der Waals surface area contributed by atoms with Crippen molar-refractivity contribution in [2.24, 2.45) is 0 Å². The second kappa shape index (κ2) is 5.67. The average molecular weight is 262 g/mol. The largest absolute Gasteiger partial charge is 0.378 e. The van der Waals surface area contributed by atoms with Crippen LogP contribution >= 0.6 is 11.6 Å². The third-order valence-corrected chi connectivity index (χ3v) is 2.69. The number of carbonyl (C=O) groups excluding carboxylic acids is 1. The Morgan fingerprint density at radius 1 is 1.11 bits per heavy atom. The maximum Gasteiger partial charge on any atom is 0.257 e. The Bertz CT molecular complexity index is 543. The molecule has 18 heavy (non-hydrogen) atoms. The summed E-state index contributed by atoms with van der Waals surface area (Å²) in [6.07, 6.45) is -1.23. The highest BCUT2D eigenvalue weighted by Crippen LogP contribution is 2.19. The van der Waals surface area contributed by atoms with Crippen LogP contribution < -0.4 is 5.32 Å². The molecule has 1 atom stereocenters. The van der Waals surface area contributed by atoms with E-state index in [4.69, 9.17) is 11.6 Å². The van der Waals surface area contributed by atoms with Crippen molar-refractivity contribution in [2.75, 3.05) is 5.32 Å². The number of benzene rings is 2. The van der Waals surface area contributed by atoms with Crippen LogP contribution in [0.1, 0.15) is 11.7 Å². The minimum absolute atomic E-state index is 0.468. The number of anilines is 1. The lowest BCUT2D eigenvalue weighted by Crippen LogP contribution is -2.20. The van der Waals surface area contributed by atoms with Crippen molar-refractivity contribution in [3.05, 3.63) is 65.2 Å². The molecule has 0 aliphatic carbocycles. The Hall–Kier alpha value is -1.84. The molecule has 2 aromatic carbocycles. The number of aliphatic hydroxyl groups excluding tert-OH is 1. The zero-order valence-electron chi connectivity index (χ0n) is 9.51. The topological polar surface area (TPSA) is 49.3 Å². The van der Waals surface area contributed by atoms with E-state index in [0.29, 0.717) is 16.3 Å². The molecule has 2 rings (SSSR count). The highest BCUT2D eigenvalue weighted by molar-refractivity contribution is 6.30. The van der Waals surface area contributed by atoms with E-state index in [1.54, 1.807) is 48.5 Å². The van der Waals surface area contributed by atoms with E-state index in [0.717, 1.165) is 0 Å². The van der Waals surface area contributed by atoms with Crippen molar-refractivity contribution in [1.82, 2.24) is 0 Å². The molecule has 0 saturated heterocycles. The fraction of sp³-hybridized carbons (Fsp3) is 0.0714. The normalized spacial score (nSPS) is 11.9. The Kier molecular flexibility index (Phi) is 3.97. The summed E-state index contributed by atoms with van der Waals surface area (Å²) in [7, 11) is 0. The second-order valence-electron chi connectivity index (χ2n) is 3.81. The van der Waals surface area contributed by atoms with Crippen LogP contribution in [-0.2, 0) is 4.79 Å². The van der Waals surface area contributed by atoms with Gasteiger partial charge in [-0.15, -0.1) is 0 Å². The van der Waals surface area contributed by atoms with Crippen LogP contribution in [0.3, 0.4) is 0 Å². The summed E-state index contributed by atoms with van der Waals surface area (Å²) in [5.41, 5.74) is 1.11. The van der Waals surface area contributed by atoms with Crippen LogP contribution in [0, 0.1) is 0 Å². The van der Waals surface area contributed by atoms with Crippen LogP contribution in [0.25, 0.3) is 0 Å². The molecule has 2 N–H and O–H groups in total. The first-order valence-electron chi connectivity index (χ1n) is 5.46. The van der Waals surface area contributed by atoms with Gasteiger partial charge in [0.2, 0.25) is 0 Å². The van der Waals surface area contributed by atoms with Crippen molar-refractivity contribution in [2.45, 2.75) is 6.10 Å². The van der Waals surface area contributed by atoms with Gasteiger partial charge < -0.3 is 10.4 Å². The van der Waals surface area contributed by atoms with Gasteiger partial charge in [0.15, 0.2) is 6.10 Å². The molecule has 4 heteroatoms. The fourth-order valence-corrected chi connectivity index (χ4v) is 1.76. The van der Waals surface area contributed by atoms with Crippen LogP contribution in [0.15, 0.2) is 54.6 Å². The predicted molar refractivity (Wildman–Crippen MR) is 71.5 cm³/mol. The van der Waals surface area contributed by atoms with Crippen molar-refractivity contribution < 1.29 is 9.90 Å². The summed E-state index contributed by atoms with van der Waals surface area (Å²) >= 11 is 5.81. The van der Waals surface area contributed by atoms with Crippen LogP contribution in [-0.4, -0.2) is 11.0 Å². The van der Waals surface area contributed by atoms with Crippen molar-refractivity contribution in [3.8, 4) is 0 Å². The number of hydrogen-bond donors (Lipinski definition) is 2. The lowest BCUT2D eigenvalue weighted by molar-refractivity contribution is -0.124. The van der Waals surface area contributed by atoms with Crippen LogP contribution in [0.5, 0.6) is 0 Å². The third-order valence-electron chi connectivity index (χ3n) is 2.45. The molecule has 0 unspecified atom stereocenters. The molecule has 0 bridgehead atoms. The number of para-hydroxylation sites is 1. The number of amides is 1. The van der Waals surface area contributed by atoms with Gasteiger partial charge in [0.25, 0.3) is 5.91 Å². The maximum absolute atomic E-state index is 11.8. The minimum atomic E-state index is -1.23. The van der Waals surface area contributed by atoms with Crippen LogP contribution in [0.4, 0.5) is 5.69 Å². The lowest BCUT2D eigenvalue weighted by Gasteiger charge is -2.11. The maximum atomic E-state index is 11.8. The predicted octanol–water partition coefficient (Wildman–Crippen LogP) is 3.01. The Morgan fingerprint density at radius 3 is 2.50 bits per heavy atom. The summed E-state index contributed by atoms with van der Waals surface area (Å²) in [6.45, 7) is 0. The van der Waals surface area contributed by atoms with Gasteiger partial charge in [0.1, 0.15) is 0 Å². The van der Waals surface area contributed by atoms with E-state index in [1.807, 2.05) is 6.07 Å². The zero-order valence-corrected chi connectivity index (χ0v) is 10.3. The van der Waals surface area contributed by atoms with Gasteiger partial charge in [0.05, 0.1) is 0 Å². The summed E-state index contributed by atoms with van der Waals surface area (Å²) in [6, 6.07) is 15.6. The number of aliphatic hydroxyl groups is 1. The SMILES string of the molecule is O=C(Nc1ccccc1)[C@H](O)c1cccc(Cl)c1. The Balaban J connectivity index is 2.10. The monoisotopic (exact) mass is 261 g/mol. The van der Waals surface area contributed by atoms with Gasteiger partial charge in [-0.25, -0.2) is 0 Å². The molecular formula is C14H12ClNO2. The van der Waals surface area contributed by atoms with Crippen LogP contribution in [0.2, 0.25) is 5.02 Å². The van der Waals surface area contributed by atoms with Gasteiger partial charge in [0, 0.05) is 10.7 Å². The molecule has 0 spiro atoms. The number of rotatable bonds is 3. The zero-order chi connectivity index (χ0) is 13.0. The number of hydrogen-bond acceptors (Lipinski definition) is 2. The minimum Gasteiger partial charge on any atom is -0.378 e. The first kappa shape index (κ1) is 12.6. The summed E-state index contributed by atoms with van der Waals surface area (Å²) in [5, 5.41) is 13.0. The van der Waals surface area contributed by atoms with E-state index in [9.17, 15) is 9.90 Å². The molecule has 0 aliphatic heterocycles. The van der Waals surface area contributed by atoms with E-state index < -0.39 is 12.0 Å². The van der Waals surface area contributed by atoms with Crippen molar-refractivity contribution >= 4 is 23.2 Å². The molecule has 92 valence electrons. The summed E-state index contributed by atoms with van der Waals surface area (Å²) in [4.78, 5) is 11.8. The van der Waals surface area contributed by atoms with Gasteiger partial charge in [-0.05, 0) is 29.8 Å². The van der Waals surface area contributed by atoms with Gasteiger partial charge in [-0.3, -0.25) is 4.79 Å². The highest BCUT2D eigenvalue weighted by atomic mass is 35.5. The molecule has 1 amide bonds. The van der Waals surface area contributed by atoms with E-state index >= 15 is 0 Å². The molecule has 0 aliphatic rings. The summed E-state index contributed by atoms with van der Waals surface area (Å²) in [5.74, 6) is -0.483. The van der Waals surface area contributed by atoms with E-state index in [1.165, 1.54) is 0 Å². The van der Waals surface area contributed by atoms with Gasteiger partial charge >= 0.3 is 0 Å². The third kappa shape index (κ3) is 3.09. The molecular weight excluding hydrogens is 250 g/mol. The molecule has 2 aromatic rings. The van der Waals surface area contributed by atoms with Crippen molar-refractivity contribution in [3.63, 3.8) is 0 Å². The Labute approximate surface area is 110 Å². The highest BCUT2D eigenvalue weighted by Gasteiger charge is 2.17. The second-order valence-corrected chi connectivity index (χ2v) is 4.25. The first-order valence-corrected chi connectivity index (χ1v) is 5.84. The molecule has 0 radical (unpaired) electrons. The molecule has 3 nitrogen and oxygen atoms in total. The van der Waals surface area contributed by atoms with E-state index in [-0.39, 0.29) is 0 Å². The molecule has 0 heterocycles. The van der Waals surface area contributed by atoms with Gasteiger partial charge in [-0.2, -0.15) is 0 Å². The average Bonchev–Trinajstić information content (AvgIpc) is 2.39. The van der Waals surface area contributed by atoms with E-state index in [2.05, 4.69) is 5.32 Å². The lowest BCUT2D eigenvalue weighted by atomic mass is 10.1. The first-order chi connectivity index (χ1) is 8.66. The smallest absolute Gasteiger partial charge is 0.257 e. The fourth-order valence-electron chi connectivity index (χ4n) is 1.56.